The van der Waals surface area contributed by atoms with Gasteiger partial charge < -0.3 is 14.8 Å². The second kappa shape index (κ2) is 11.5. The number of nitrogens with zero attached hydrogens (tertiary/aromatic N) is 3. The number of carbonyl (C=O) groups excluding carboxylic acids is 1. The van der Waals surface area contributed by atoms with E-state index >= 15 is 0 Å². The van der Waals surface area contributed by atoms with E-state index < -0.39 is 0 Å². The average molecular weight is 487 g/mol. The molecule has 1 aromatic heterocycles. The molecular formula is C25H28ClFN4O3. The smallest absolute Gasteiger partial charge is 0.224 e. The van der Waals surface area contributed by atoms with Crippen LogP contribution in [0.3, 0.4) is 0 Å². The van der Waals surface area contributed by atoms with Gasteiger partial charge in [0.25, 0.3) is 0 Å². The monoisotopic (exact) mass is 486 g/mol. The van der Waals surface area contributed by atoms with Gasteiger partial charge in [-0.25, -0.2) is 4.39 Å². The summed E-state index contributed by atoms with van der Waals surface area (Å²) >= 11 is 6.42. The molecule has 34 heavy (non-hydrogen) atoms. The molecule has 1 amide bonds. The molecule has 0 aliphatic carbocycles. The second-order valence-corrected chi connectivity index (χ2v) is 8.56. The maximum Gasteiger partial charge on any atom is 0.224 e. The van der Waals surface area contributed by atoms with Crippen LogP contribution >= 0.6 is 11.6 Å². The molecule has 0 atom stereocenters. The molecule has 7 nitrogen and oxygen atoms in total. The number of morpholine rings is 1. The fourth-order valence-corrected chi connectivity index (χ4v) is 4.14. The minimum atomic E-state index is -0.290. The summed E-state index contributed by atoms with van der Waals surface area (Å²) in [6.07, 6.45) is 2.39. The Morgan fingerprint density at radius 1 is 1.21 bits per heavy atom. The van der Waals surface area contributed by atoms with Crippen LogP contribution in [0.5, 0.6) is 5.75 Å². The van der Waals surface area contributed by atoms with Crippen LogP contribution < -0.4 is 10.1 Å². The van der Waals surface area contributed by atoms with Crippen molar-refractivity contribution in [3.05, 3.63) is 65.1 Å². The molecule has 1 saturated heterocycles. The third-order valence-electron chi connectivity index (χ3n) is 5.74. The highest BCUT2D eigenvalue weighted by Crippen LogP contribution is 2.36. The first kappa shape index (κ1) is 24.2. The topological polar surface area (TPSA) is 68.6 Å². The van der Waals surface area contributed by atoms with E-state index in [1.54, 1.807) is 23.0 Å². The molecule has 3 aromatic rings. The van der Waals surface area contributed by atoms with Crippen LogP contribution in [0.4, 0.5) is 10.1 Å². The number of aromatic nitrogens is 2. The van der Waals surface area contributed by atoms with E-state index in [1.165, 1.54) is 12.1 Å². The Morgan fingerprint density at radius 2 is 1.97 bits per heavy atom. The van der Waals surface area contributed by atoms with Gasteiger partial charge in [-0.2, -0.15) is 5.10 Å². The lowest BCUT2D eigenvalue weighted by molar-refractivity contribution is -0.116. The van der Waals surface area contributed by atoms with Gasteiger partial charge in [0, 0.05) is 44.4 Å². The molecule has 0 saturated carbocycles. The van der Waals surface area contributed by atoms with Crippen molar-refractivity contribution in [3.8, 4) is 17.0 Å². The number of benzene rings is 2. The van der Waals surface area contributed by atoms with Gasteiger partial charge in [-0.15, -0.1) is 0 Å². The van der Waals surface area contributed by atoms with Gasteiger partial charge in [0.2, 0.25) is 5.91 Å². The normalized spacial score (nSPS) is 14.2. The Bertz CT molecular complexity index is 1090. The van der Waals surface area contributed by atoms with E-state index in [-0.39, 0.29) is 18.1 Å². The summed E-state index contributed by atoms with van der Waals surface area (Å²) in [7, 11) is 1.81. The molecule has 1 aliphatic rings. The van der Waals surface area contributed by atoms with Gasteiger partial charge in [0.05, 0.1) is 30.1 Å². The number of hydrogen-bond acceptors (Lipinski definition) is 5. The zero-order valence-corrected chi connectivity index (χ0v) is 19.9. The van der Waals surface area contributed by atoms with Crippen molar-refractivity contribution in [2.75, 3.05) is 44.8 Å². The van der Waals surface area contributed by atoms with Crippen molar-refractivity contribution in [2.45, 2.75) is 12.8 Å². The Labute approximate surface area is 203 Å². The van der Waals surface area contributed by atoms with Crippen molar-refractivity contribution in [1.29, 1.82) is 0 Å². The standard InChI is InChI=1S/C25H28ClFN4O3/c1-30-25(22(26)17-28-30)21-16-20(29-24(32)9-4-18-2-5-19(27)6-3-18)7-8-23(21)34-15-12-31-10-13-33-14-11-31/h2-3,5-8,16-17H,4,9-15H2,1H3,(H,29,32). The zero-order valence-electron chi connectivity index (χ0n) is 19.1. The average Bonchev–Trinajstić information content (AvgIpc) is 3.18. The highest BCUT2D eigenvalue weighted by Gasteiger charge is 2.17. The van der Waals surface area contributed by atoms with E-state index in [1.807, 2.05) is 25.2 Å². The van der Waals surface area contributed by atoms with Crippen molar-refractivity contribution in [2.24, 2.45) is 7.05 Å². The van der Waals surface area contributed by atoms with E-state index in [2.05, 4.69) is 15.3 Å². The van der Waals surface area contributed by atoms with Crippen LogP contribution in [-0.2, 0) is 23.0 Å². The maximum absolute atomic E-state index is 13.1. The number of hydrogen-bond donors (Lipinski definition) is 1. The molecule has 1 fully saturated rings. The number of anilines is 1. The minimum absolute atomic E-state index is 0.132. The molecule has 1 aliphatic heterocycles. The summed E-state index contributed by atoms with van der Waals surface area (Å²) in [5.41, 5.74) is 3.01. The fraction of sp³-hybridized carbons (Fsp3) is 0.360. The van der Waals surface area contributed by atoms with E-state index in [0.717, 1.165) is 44.0 Å². The van der Waals surface area contributed by atoms with E-state index in [9.17, 15) is 9.18 Å². The number of aryl methyl sites for hydroxylation is 2. The number of halogens is 2. The number of carbonyl (C=O) groups is 1. The molecule has 180 valence electrons. The third kappa shape index (κ3) is 6.34. The quantitative estimate of drug-likeness (QED) is 0.492. The van der Waals surface area contributed by atoms with Crippen LogP contribution in [0.2, 0.25) is 5.02 Å². The summed E-state index contributed by atoms with van der Waals surface area (Å²) in [5.74, 6) is 0.247. The zero-order chi connectivity index (χ0) is 23.9. The molecule has 0 unspecified atom stereocenters. The molecule has 0 radical (unpaired) electrons. The van der Waals surface area contributed by atoms with Gasteiger partial charge >= 0.3 is 0 Å². The van der Waals surface area contributed by atoms with Crippen LogP contribution in [0.25, 0.3) is 11.3 Å². The van der Waals surface area contributed by atoms with Gasteiger partial charge in [-0.3, -0.25) is 14.4 Å². The highest BCUT2D eigenvalue weighted by atomic mass is 35.5. The van der Waals surface area contributed by atoms with Crippen molar-refractivity contribution < 1.29 is 18.7 Å². The third-order valence-corrected chi connectivity index (χ3v) is 6.01. The van der Waals surface area contributed by atoms with Gasteiger partial charge in [-0.05, 0) is 42.3 Å². The fourth-order valence-electron chi connectivity index (χ4n) is 3.87. The lowest BCUT2D eigenvalue weighted by Gasteiger charge is -2.26. The summed E-state index contributed by atoms with van der Waals surface area (Å²) in [5, 5.41) is 7.68. The first-order valence-corrected chi connectivity index (χ1v) is 11.7. The van der Waals surface area contributed by atoms with E-state index in [4.69, 9.17) is 21.1 Å². The molecule has 0 bridgehead atoms. The first-order valence-electron chi connectivity index (χ1n) is 11.3. The predicted molar refractivity (Wildman–Crippen MR) is 130 cm³/mol. The lowest BCUT2D eigenvalue weighted by Crippen LogP contribution is -2.38. The first-order chi connectivity index (χ1) is 16.5. The summed E-state index contributed by atoms with van der Waals surface area (Å²) in [6, 6.07) is 11.7. The number of amides is 1. The van der Waals surface area contributed by atoms with Gasteiger partial charge in [-0.1, -0.05) is 23.7 Å². The maximum atomic E-state index is 13.1. The molecule has 2 aromatic carbocycles. The molecule has 0 spiro atoms. The van der Waals surface area contributed by atoms with Crippen LogP contribution in [0, 0.1) is 5.82 Å². The molecule has 9 heteroatoms. The number of rotatable bonds is 9. The van der Waals surface area contributed by atoms with Crippen LogP contribution in [-0.4, -0.2) is 60.0 Å². The Kier molecular flexibility index (Phi) is 8.16. The second-order valence-electron chi connectivity index (χ2n) is 8.15. The Balaban J connectivity index is 1.45. The summed E-state index contributed by atoms with van der Waals surface area (Å²) < 4.78 is 26.3. The van der Waals surface area contributed by atoms with Crippen molar-refractivity contribution in [1.82, 2.24) is 14.7 Å². The SMILES string of the molecule is Cn1ncc(Cl)c1-c1cc(NC(=O)CCc2ccc(F)cc2)ccc1OCCN1CCOCC1. The predicted octanol–water partition coefficient (Wildman–Crippen LogP) is 4.16. The van der Waals surface area contributed by atoms with Crippen LogP contribution in [0.1, 0.15) is 12.0 Å². The largest absolute Gasteiger partial charge is 0.492 e. The van der Waals surface area contributed by atoms with Gasteiger partial charge in [0.15, 0.2) is 0 Å². The van der Waals surface area contributed by atoms with Crippen LogP contribution in [0.15, 0.2) is 48.7 Å². The molecule has 1 N–H and O–H groups in total. The Hall–Kier alpha value is -2.94. The van der Waals surface area contributed by atoms with E-state index in [0.29, 0.717) is 35.2 Å². The minimum Gasteiger partial charge on any atom is -0.492 e. The molecule has 4 rings (SSSR count). The Morgan fingerprint density at radius 3 is 2.68 bits per heavy atom. The van der Waals surface area contributed by atoms with Crippen molar-refractivity contribution >= 4 is 23.2 Å². The summed E-state index contributed by atoms with van der Waals surface area (Å²) in [4.78, 5) is 14.8. The lowest BCUT2D eigenvalue weighted by atomic mass is 10.1. The highest BCUT2D eigenvalue weighted by molar-refractivity contribution is 6.33. The van der Waals surface area contributed by atoms with Crippen molar-refractivity contribution in [3.63, 3.8) is 0 Å². The molecule has 2 heterocycles. The van der Waals surface area contributed by atoms with Gasteiger partial charge in [0.1, 0.15) is 18.2 Å². The number of nitrogens with one attached hydrogen (secondary N) is 1. The number of ether oxygens (including phenoxy) is 2. The molecular weight excluding hydrogens is 459 g/mol. The summed E-state index contributed by atoms with van der Waals surface area (Å²) in [6.45, 7) is 4.59.